The van der Waals surface area contributed by atoms with Crippen LogP contribution in [0.2, 0.25) is 5.02 Å². The van der Waals surface area contributed by atoms with Crippen molar-refractivity contribution in [2.24, 2.45) is 0 Å². The fourth-order valence-electron chi connectivity index (χ4n) is 2.31. The fraction of sp³-hybridized carbons (Fsp3) is 0.0556. The van der Waals surface area contributed by atoms with Gasteiger partial charge in [0.15, 0.2) is 0 Å². The maximum absolute atomic E-state index is 12.1. The summed E-state index contributed by atoms with van der Waals surface area (Å²) in [5.41, 5.74) is 7.78. The molecule has 0 aliphatic heterocycles. The van der Waals surface area contributed by atoms with Gasteiger partial charge in [-0.15, -0.1) is 12.4 Å². The van der Waals surface area contributed by atoms with Crippen molar-refractivity contribution in [3.8, 4) is 0 Å². The van der Waals surface area contributed by atoms with Gasteiger partial charge in [-0.2, -0.15) is 4.98 Å². The number of nitrogen functional groups attached to an aromatic ring is 1. The fourth-order valence-corrected chi connectivity index (χ4v) is 2.50. The Morgan fingerprint density at radius 2 is 1.78 bits per heavy atom. The van der Waals surface area contributed by atoms with E-state index in [4.69, 9.17) is 17.3 Å². The minimum Gasteiger partial charge on any atom is -0.368 e. The number of amides is 2. The highest BCUT2D eigenvalue weighted by Gasteiger charge is 2.07. The van der Waals surface area contributed by atoms with Gasteiger partial charge in [-0.3, -0.25) is 0 Å². The van der Waals surface area contributed by atoms with Gasteiger partial charge in [0.05, 0.1) is 0 Å². The van der Waals surface area contributed by atoms with Gasteiger partial charge >= 0.3 is 6.03 Å². The number of nitrogens with zero attached hydrogens (tertiary/aromatic N) is 3. The standard InChI is InChI=1S/C18H17ClN6O.ClH/c1-25(16-9-10-21-17(20)24-16)15-7-5-13(6-8-15)22-18(26)23-14-4-2-3-12(19)11-14;/h2-11H,1H3,(H2,20,21,24)(H2,22,23,26);1H. The molecule has 0 fully saturated rings. The molecule has 0 saturated heterocycles. The molecule has 0 aliphatic rings. The lowest BCUT2D eigenvalue weighted by Gasteiger charge is -2.18. The Morgan fingerprint density at radius 3 is 2.44 bits per heavy atom. The number of aromatic nitrogens is 2. The van der Waals surface area contributed by atoms with Crippen molar-refractivity contribution in [3.63, 3.8) is 0 Å². The molecular weight excluding hydrogens is 387 g/mol. The summed E-state index contributed by atoms with van der Waals surface area (Å²) in [7, 11) is 1.87. The van der Waals surface area contributed by atoms with Gasteiger partial charge in [0.2, 0.25) is 5.95 Å². The van der Waals surface area contributed by atoms with Crippen LogP contribution in [0.25, 0.3) is 0 Å². The molecule has 9 heteroatoms. The molecule has 3 aromatic rings. The molecule has 0 bridgehead atoms. The van der Waals surface area contributed by atoms with E-state index >= 15 is 0 Å². The lowest BCUT2D eigenvalue weighted by Crippen LogP contribution is -2.19. The van der Waals surface area contributed by atoms with Gasteiger partial charge in [0.25, 0.3) is 0 Å². The highest BCUT2D eigenvalue weighted by atomic mass is 35.5. The van der Waals surface area contributed by atoms with Crippen molar-refractivity contribution in [3.05, 3.63) is 65.8 Å². The Labute approximate surface area is 168 Å². The first-order chi connectivity index (χ1) is 12.5. The molecular formula is C18H18Cl2N6O. The molecule has 1 aromatic heterocycles. The van der Waals surface area contributed by atoms with E-state index in [0.717, 1.165) is 5.69 Å². The highest BCUT2D eigenvalue weighted by molar-refractivity contribution is 6.30. The van der Waals surface area contributed by atoms with Crippen LogP contribution in [0.5, 0.6) is 0 Å². The van der Waals surface area contributed by atoms with Gasteiger partial charge in [-0.05, 0) is 48.5 Å². The SMILES string of the molecule is CN(c1ccc(NC(=O)Nc2cccc(Cl)c2)cc1)c1ccnc(N)n1.Cl. The van der Waals surface area contributed by atoms with Crippen LogP contribution < -0.4 is 21.3 Å². The molecule has 0 saturated carbocycles. The number of nitrogens with two attached hydrogens (primary N) is 1. The Kier molecular flexibility index (Phi) is 6.81. The number of urea groups is 1. The summed E-state index contributed by atoms with van der Waals surface area (Å²) in [5, 5.41) is 6.05. The Hall–Kier alpha value is -3.03. The molecule has 7 nitrogen and oxygen atoms in total. The molecule has 27 heavy (non-hydrogen) atoms. The summed E-state index contributed by atoms with van der Waals surface area (Å²) in [6, 6.07) is 15.7. The normalized spacial score (nSPS) is 9.85. The van der Waals surface area contributed by atoms with Crippen LogP contribution in [0.3, 0.4) is 0 Å². The van der Waals surface area contributed by atoms with Crippen molar-refractivity contribution >= 4 is 58.9 Å². The third-order valence-corrected chi connectivity index (χ3v) is 3.83. The first-order valence-corrected chi connectivity index (χ1v) is 8.15. The molecule has 0 radical (unpaired) electrons. The van der Waals surface area contributed by atoms with E-state index in [1.165, 1.54) is 0 Å². The lowest BCUT2D eigenvalue weighted by atomic mass is 10.2. The quantitative estimate of drug-likeness (QED) is 0.592. The minimum atomic E-state index is -0.350. The average Bonchev–Trinajstić information content (AvgIpc) is 2.61. The van der Waals surface area contributed by atoms with E-state index in [1.54, 1.807) is 48.7 Å². The minimum absolute atomic E-state index is 0. The highest BCUT2D eigenvalue weighted by Crippen LogP contribution is 2.23. The lowest BCUT2D eigenvalue weighted by molar-refractivity contribution is 0.262. The van der Waals surface area contributed by atoms with Gasteiger partial charge in [-0.25, -0.2) is 9.78 Å². The zero-order chi connectivity index (χ0) is 18.5. The van der Waals surface area contributed by atoms with E-state index in [1.807, 2.05) is 24.1 Å². The monoisotopic (exact) mass is 404 g/mol. The molecule has 2 aromatic carbocycles. The molecule has 1 heterocycles. The molecule has 2 amide bonds. The van der Waals surface area contributed by atoms with E-state index in [2.05, 4.69) is 20.6 Å². The molecule has 3 rings (SSSR count). The van der Waals surface area contributed by atoms with E-state index < -0.39 is 0 Å². The average molecular weight is 405 g/mol. The van der Waals surface area contributed by atoms with Crippen LogP contribution in [-0.2, 0) is 0 Å². The summed E-state index contributed by atoms with van der Waals surface area (Å²) >= 11 is 5.90. The van der Waals surface area contributed by atoms with E-state index in [-0.39, 0.29) is 24.4 Å². The second kappa shape index (κ2) is 9.07. The maximum atomic E-state index is 12.1. The zero-order valence-corrected chi connectivity index (χ0v) is 16.0. The number of anilines is 5. The Balaban J connectivity index is 0.00000261. The van der Waals surface area contributed by atoms with E-state index in [9.17, 15) is 4.79 Å². The third kappa shape index (κ3) is 5.47. The summed E-state index contributed by atoms with van der Waals surface area (Å²) in [6.07, 6.45) is 1.60. The number of carbonyl (C=O) groups is 1. The van der Waals surface area contributed by atoms with Crippen LogP contribution in [0, 0.1) is 0 Å². The zero-order valence-electron chi connectivity index (χ0n) is 14.4. The molecule has 0 spiro atoms. The summed E-state index contributed by atoms with van der Waals surface area (Å²) in [4.78, 5) is 22.0. The molecule has 0 atom stereocenters. The first kappa shape index (κ1) is 20.3. The third-order valence-electron chi connectivity index (χ3n) is 3.60. The summed E-state index contributed by atoms with van der Waals surface area (Å²) < 4.78 is 0. The van der Waals surface area contributed by atoms with Crippen molar-refractivity contribution in [2.45, 2.75) is 0 Å². The topological polar surface area (TPSA) is 96.2 Å². The molecule has 140 valence electrons. The number of carbonyl (C=O) groups excluding carboxylic acids is 1. The van der Waals surface area contributed by atoms with Crippen LogP contribution in [0.1, 0.15) is 0 Å². The predicted octanol–water partition coefficient (Wildman–Crippen LogP) is 4.55. The number of benzene rings is 2. The number of hydrogen-bond acceptors (Lipinski definition) is 5. The van der Waals surface area contributed by atoms with Gasteiger partial charge in [0.1, 0.15) is 5.82 Å². The number of nitrogens with one attached hydrogen (secondary N) is 2. The van der Waals surface area contributed by atoms with E-state index in [0.29, 0.717) is 22.2 Å². The van der Waals surface area contributed by atoms with Crippen LogP contribution in [-0.4, -0.2) is 23.0 Å². The predicted molar refractivity (Wildman–Crippen MR) is 112 cm³/mol. The molecule has 4 N–H and O–H groups in total. The second-order valence-electron chi connectivity index (χ2n) is 5.47. The smallest absolute Gasteiger partial charge is 0.323 e. The second-order valence-corrected chi connectivity index (χ2v) is 5.90. The Morgan fingerprint density at radius 1 is 1.07 bits per heavy atom. The summed E-state index contributed by atoms with van der Waals surface area (Å²) in [5.74, 6) is 0.891. The van der Waals surface area contributed by atoms with Crippen molar-refractivity contribution in [2.75, 3.05) is 28.3 Å². The number of rotatable bonds is 4. The van der Waals surface area contributed by atoms with Crippen LogP contribution in [0.4, 0.5) is 33.6 Å². The van der Waals surface area contributed by atoms with Crippen molar-refractivity contribution in [1.82, 2.24) is 9.97 Å². The van der Waals surface area contributed by atoms with Gasteiger partial charge in [-0.1, -0.05) is 17.7 Å². The Bertz CT molecular complexity index is 920. The molecule has 0 aliphatic carbocycles. The largest absolute Gasteiger partial charge is 0.368 e. The van der Waals surface area contributed by atoms with Crippen LogP contribution in [0.15, 0.2) is 60.8 Å². The first-order valence-electron chi connectivity index (χ1n) is 7.77. The van der Waals surface area contributed by atoms with Gasteiger partial charge < -0.3 is 21.3 Å². The number of halogens is 2. The van der Waals surface area contributed by atoms with Crippen LogP contribution >= 0.6 is 24.0 Å². The molecule has 0 unspecified atom stereocenters. The van der Waals surface area contributed by atoms with Crippen molar-refractivity contribution in [1.29, 1.82) is 0 Å². The van der Waals surface area contributed by atoms with Crippen molar-refractivity contribution < 1.29 is 4.79 Å². The maximum Gasteiger partial charge on any atom is 0.323 e. The number of hydrogen-bond donors (Lipinski definition) is 3. The van der Waals surface area contributed by atoms with Gasteiger partial charge in [0, 0.05) is 35.3 Å². The summed E-state index contributed by atoms with van der Waals surface area (Å²) in [6.45, 7) is 0.